The van der Waals surface area contributed by atoms with Gasteiger partial charge in [-0.05, 0) is 24.1 Å². The Morgan fingerprint density at radius 2 is 2.25 bits per heavy atom. The van der Waals surface area contributed by atoms with Gasteiger partial charge in [-0.15, -0.1) is 0 Å². The van der Waals surface area contributed by atoms with Gasteiger partial charge in [0, 0.05) is 6.54 Å². The van der Waals surface area contributed by atoms with Gasteiger partial charge in [0.25, 0.3) is 0 Å². The summed E-state index contributed by atoms with van der Waals surface area (Å²) >= 11 is 0. The lowest BCUT2D eigenvalue weighted by molar-refractivity contribution is 0.317. The van der Waals surface area contributed by atoms with E-state index in [0.717, 1.165) is 24.3 Å². The first kappa shape index (κ1) is 9.07. The van der Waals surface area contributed by atoms with Gasteiger partial charge in [-0.3, -0.25) is 0 Å². The van der Waals surface area contributed by atoms with E-state index in [0.29, 0.717) is 6.54 Å². The van der Waals surface area contributed by atoms with Gasteiger partial charge < -0.3 is 10.5 Å². The molecule has 1 aromatic rings. The number of ether oxygens (including phenoxy) is 1. The van der Waals surface area contributed by atoms with E-state index in [1.807, 2.05) is 24.3 Å². The predicted octanol–water partition coefficient (Wildman–Crippen LogP) is 1.93. The van der Waals surface area contributed by atoms with Crippen molar-refractivity contribution in [2.75, 3.05) is 6.61 Å². The summed E-state index contributed by atoms with van der Waals surface area (Å²) in [5.74, 6) is 0.916. The minimum Gasteiger partial charge on any atom is -0.494 e. The molecule has 0 aliphatic carbocycles. The molecule has 0 saturated heterocycles. The second-order valence-corrected chi connectivity index (χ2v) is 2.70. The molecule has 0 unspecified atom stereocenters. The molecule has 0 amide bonds. The molecule has 0 aliphatic heterocycles. The van der Waals surface area contributed by atoms with Crippen LogP contribution >= 0.6 is 0 Å². The van der Waals surface area contributed by atoms with Crippen molar-refractivity contribution in [1.82, 2.24) is 0 Å². The molecule has 0 atom stereocenters. The van der Waals surface area contributed by atoms with Crippen LogP contribution in [-0.4, -0.2) is 6.61 Å². The molecule has 2 heteroatoms. The standard InChI is InChI=1S/C10H15NO/c1-2-6-12-10-5-3-4-9(7-10)8-11/h3-5,7H,2,6,8,11H2,1H3. The van der Waals surface area contributed by atoms with Crippen molar-refractivity contribution in [2.45, 2.75) is 19.9 Å². The quantitative estimate of drug-likeness (QED) is 0.740. The number of nitrogens with two attached hydrogens (primary N) is 1. The maximum atomic E-state index is 5.49. The fourth-order valence-electron chi connectivity index (χ4n) is 0.982. The molecule has 0 bridgehead atoms. The largest absolute Gasteiger partial charge is 0.494 e. The van der Waals surface area contributed by atoms with Crippen molar-refractivity contribution in [1.29, 1.82) is 0 Å². The highest BCUT2D eigenvalue weighted by molar-refractivity contribution is 5.28. The second kappa shape index (κ2) is 4.78. The molecule has 0 heterocycles. The average molecular weight is 165 g/mol. The number of rotatable bonds is 4. The highest BCUT2D eigenvalue weighted by Crippen LogP contribution is 2.12. The van der Waals surface area contributed by atoms with Crippen LogP contribution in [0.3, 0.4) is 0 Å². The molecule has 1 aromatic carbocycles. The van der Waals surface area contributed by atoms with Crippen molar-refractivity contribution < 1.29 is 4.74 Å². The minimum absolute atomic E-state index is 0.573. The van der Waals surface area contributed by atoms with E-state index in [1.165, 1.54) is 0 Å². The normalized spacial score (nSPS) is 9.83. The highest BCUT2D eigenvalue weighted by atomic mass is 16.5. The van der Waals surface area contributed by atoms with Crippen LogP contribution in [-0.2, 0) is 6.54 Å². The van der Waals surface area contributed by atoms with Gasteiger partial charge in [0.1, 0.15) is 5.75 Å². The predicted molar refractivity (Wildman–Crippen MR) is 50.1 cm³/mol. The van der Waals surface area contributed by atoms with Gasteiger partial charge in [0.2, 0.25) is 0 Å². The summed E-state index contributed by atoms with van der Waals surface area (Å²) in [6, 6.07) is 7.90. The van der Waals surface area contributed by atoms with Crippen molar-refractivity contribution in [3.8, 4) is 5.75 Å². The second-order valence-electron chi connectivity index (χ2n) is 2.70. The third kappa shape index (κ3) is 2.55. The highest BCUT2D eigenvalue weighted by Gasteiger charge is 1.93. The summed E-state index contributed by atoms with van der Waals surface area (Å²) in [6.45, 7) is 3.43. The van der Waals surface area contributed by atoms with Gasteiger partial charge >= 0.3 is 0 Å². The molecule has 12 heavy (non-hydrogen) atoms. The molecule has 66 valence electrons. The molecular formula is C10H15NO. The third-order valence-electron chi connectivity index (χ3n) is 1.61. The van der Waals surface area contributed by atoms with Gasteiger partial charge in [-0.2, -0.15) is 0 Å². The van der Waals surface area contributed by atoms with Gasteiger partial charge in [-0.25, -0.2) is 0 Å². The lowest BCUT2D eigenvalue weighted by Gasteiger charge is -2.05. The Bertz CT molecular complexity index is 235. The minimum atomic E-state index is 0.573. The fraction of sp³-hybridized carbons (Fsp3) is 0.400. The van der Waals surface area contributed by atoms with E-state index in [2.05, 4.69) is 6.92 Å². The zero-order valence-electron chi connectivity index (χ0n) is 7.42. The summed E-state index contributed by atoms with van der Waals surface area (Å²) in [4.78, 5) is 0. The smallest absolute Gasteiger partial charge is 0.119 e. The van der Waals surface area contributed by atoms with Crippen molar-refractivity contribution in [3.63, 3.8) is 0 Å². The summed E-state index contributed by atoms with van der Waals surface area (Å²) in [5, 5.41) is 0. The van der Waals surface area contributed by atoms with Crippen molar-refractivity contribution in [2.24, 2.45) is 5.73 Å². The maximum absolute atomic E-state index is 5.49. The first-order valence-corrected chi connectivity index (χ1v) is 4.28. The van der Waals surface area contributed by atoms with Gasteiger partial charge in [0.15, 0.2) is 0 Å². The van der Waals surface area contributed by atoms with E-state index in [1.54, 1.807) is 0 Å². The molecule has 0 aromatic heterocycles. The topological polar surface area (TPSA) is 35.2 Å². The summed E-state index contributed by atoms with van der Waals surface area (Å²) in [7, 11) is 0. The Morgan fingerprint density at radius 3 is 2.92 bits per heavy atom. The van der Waals surface area contributed by atoms with Crippen LogP contribution in [0.5, 0.6) is 5.75 Å². The molecular weight excluding hydrogens is 150 g/mol. The van der Waals surface area contributed by atoms with Crippen molar-refractivity contribution in [3.05, 3.63) is 29.8 Å². The Hall–Kier alpha value is -1.02. The van der Waals surface area contributed by atoms with Crippen LogP contribution < -0.4 is 10.5 Å². The van der Waals surface area contributed by atoms with Crippen LogP contribution in [0.1, 0.15) is 18.9 Å². The average Bonchev–Trinajstić information content (AvgIpc) is 2.15. The van der Waals surface area contributed by atoms with Gasteiger partial charge in [0.05, 0.1) is 6.61 Å². The Kier molecular flexibility index (Phi) is 3.61. The monoisotopic (exact) mass is 165 g/mol. The molecule has 1 rings (SSSR count). The van der Waals surface area contributed by atoms with Crippen LogP contribution in [0.4, 0.5) is 0 Å². The maximum Gasteiger partial charge on any atom is 0.119 e. The van der Waals surface area contributed by atoms with Gasteiger partial charge in [-0.1, -0.05) is 19.1 Å². The Balaban J connectivity index is 2.60. The number of benzene rings is 1. The molecule has 0 saturated carbocycles. The third-order valence-corrected chi connectivity index (χ3v) is 1.61. The molecule has 2 nitrogen and oxygen atoms in total. The van der Waals surface area contributed by atoms with E-state index in [9.17, 15) is 0 Å². The molecule has 0 spiro atoms. The van der Waals surface area contributed by atoms with E-state index in [-0.39, 0.29) is 0 Å². The lowest BCUT2D eigenvalue weighted by Crippen LogP contribution is -1.98. The Labute approximate surface area is 73.3 Å². The summed E-state index contributed by atoms with van der Waals surface area (Å²) in [5.41, 5.74) is 6.61. The van der Waals surface area contributed by atoms with E-state index in [4.69, 9.17) is 10.5 Å². The summed E-state index contributed by atoms with van der Waals surface area (Å²) in [6.07, 6.45) is 1.03. The van der Waals surface area contributed by atoms with Crippen LogP contribution in [0, 0.1) is 0 Å². The van der Waals surface area contributed by atoms with Crippen LogP contribution in [0.15, 0.2) is 24.3 Å². The fourth-order valence-corrected chi connectivity index (χ4v) is 0.982. The van der Waals surface area contributed by atoms with Crippen LogP contribution in [0.2, 0.25) is 0 Å². The van der Waals surface area contributed by atoms with E-state index >= 15 is 0 Å². The number of hydrogen-bond acceptors (Lipinski definition) is 2. The van der Waals surface area contributed by atoms with E-state index < -0.39 is 0 Å². The summed E-state index contributed by atoms with van der Waals surface area (Å²) < 4.78 is 5.44. The Morgan fingerprint density at radius 1 is 1.42 bits per heavy atom. The lowest BCUT2D eigenvalue weighted by atomic mass is 10.2. The van der Waals surface area contributed by atoms with Crippen LogP contribution in [0.25, 0.3) is 0 Å². The SMILES string of the molecule is CCCOc1cccc(CN)c1. The molecule has 0 aliphatic rings. The first-order valence-electron chi connectivity index (χ1n) is 4.28. The zero-order chi connectivity index (χ0) is 8.81. The zero-order valence-corrected chi connectivity index (χ0v) is 7.42. The first-order chi connectivity index (χ1) is 5.86. The molecule has 0 radical (unpaired) electrons. The number of hydrogen-bond donors (Lipinski definition) is 1. The molecule has 2 N–H and O–H groups in total. The molecule has 0 fully saturated rings. The van der Waals surface area contributed by atoms with Crippen molar-refractivity contribution >= 4 is 0 Å².